The quantitative estimate of drug-likeness (QED) is 0.785. The molecular formula is C21H23BN2O2. The molecule has 2 aliphatic rings. The maximum atomic E-state index is 10.0. The first kappa shape index (κ1) is 17.3. The van der Waals surface area contributed by atoms with Crippen molar-refractivity contribution in [1.29, 1.82) is 5.26 Å². The van der Waals surface area contributed by atoms with Crippen LogP contribution in [0.5, 0.6) is 0 Å². The van der Waals surface area contributed by atoms with E-state index in [4.69, 9.17) is 14.3 Å². The summed E-state index contributed by atoms with van der Waals surface area (Å²) in [6, 6.07) is 16.6. The zero-order valence-corrected chi connectivity index (χ0v) is 15.7. The second-order valence-corrected chi connectivity index (χ2v) is 8.35. The van der Waals surface area contributed by atoms with E-state index in [1.54, 1.807) is 0 Å². The van der Waals surface area contributed by atoms with E-state index in [1.807, 2.05) is 58.0 Å². The van der Waals surface area contributed by atoms with Crippen molar-refractivity contribution >= 4 is 12.7 Å². The van der Waals surface area contributed by atoms with Crippen LogP contribution in [0.3, 0.4) is 0 Å². The third-order valence-corrected chi connectivity index (χ3v) is 6.07. The number of hydrogen-bond donors (Lipinski definition) is 0. The Hall–Kier alpha value is -2.16. The Morgan fingerprint density at radius 2 is 1.50 bits per heavy atom. The predicted octanol–water partition coefficient (Wildman–Crippen LogP) is 2.94. The van der Waals surface area contributed by atoms with Gasteiger partial charge in [-0.15, -0.1) is 0 Å². The van der Waals surface area contributed by atoms with Crippen LogP contribution in [0.4, 0.5) is 0 Å². The minimum absolute atomic E-state index is 0.411. The molecule has 1 aromatic heterocycles. The lowest BCUT2D eigenvalue weighted by Crippen LogP contribution is -2.41. The Labute approximate surface area is 155 Å². The number of rotatable bonds is 2. The normalized spacial score (nSPS) is 22.0. The molecule has 132 valence electrons. The van der Waals surface area contributed by atoms with E-state index in [0.717, 1.165) is 11.3 Å². The molecule has 2 aromatic rings. The van der Waals surface area contributed by atoms with Crippen LogP contribution in [0.25, 0.3) is 0 Å². The molecule has 0 saturated carbocycles. The molecular weight excluding hydrogens is 323 g/mol. The van der Waals surface area contributed by atoms with Crippen molar-refractivity contribution in [2.24, 2.45) is 0 Å². The molecule has 26 heavy (non-hydrogen) atoms. The van der Waals surface area contributed by atoms with Gasteiger partial charge in [0.1, 0.15) is 5.41 Å². The number of hydrogen-bond acceptors (Lipinski definition) is 4. The van der Waals surface area contributed by atoms with E-state index in [0.29, 0.717) is 12.8 Å². The number of benzene rings is 1. The van der Waals surface area contributed by atoms with Crippen LogP contribution in [0.2, 0.25) is 0 Å². The summed E-state index contributed by atoms with van der Waals surface area (Å²) in [6.45, 7) is 8.12. The van der Waals surface area contributed by atoms with Crippen molar-refractivity contribution < 1.29 is 9.31 Å². The Morgan fingerprint density at radius 1 is 0.923 bits per heavy atom. The van der Waals surface area contributed by atoms with Gasteiger partial charge in [0.15, 0.2) is 0 Å². The lowest BCUT2D eigenvalue weighted by Gasteiger charge is -2.32. The van der Waals surface area contributed by atoms with Crippen molar-refractivity contribution in [1.82, 2.24) is 4.98 Å². The summed E-state index contributed by atoms with van der Waals surface area (Å²) >= 11 is 0. The monoisotopic (exact) mass is 346 g/mol. The van der Waals surface area contributed by atoms with Crippen LogP contribution >= 0.6 is 0 Å². The molecule has 0 atom stereocenters. The van der Waals surface area contributed by atoms with Crippen molar-refractivity contribution in [2.75, 3.05) is 0 Å². The van der Waals surface area contributed by atoms with Gasteiger partial charge >= 0.3 is 7.12 Å². The SMILES string of the molecule is CC1(C)OB(c2cccc(C3(C#N)Cc4ccccc4C3)n2)OC1(C)C. The van der Waals surface area contributed by atoms with Crippen molar-refractivity contribution in [2.45, 2.75) is 57.2 Å². The zero-order valence-electron chi connectivity index (χ0n) is 15.7. The van der Waals surface area contributed by atoms with Crippen LogP contribution in [0, 0.1) is 11.3 Å². The molecule has 0 N–H and O–H groups in total. The molecule has 1 aromatic carbocycles. The smallest absolute Gasteiger partial charge is 0.398 e. The van der Waals surface area contributed by atoms with Crippen LogP contribution < -0.4 is 5.59 Å². The van der Waals surface area contributed by atoms with Gasteiger partial charge in [0.2, 0.25) is 0 Å². The molecule has 1 aliphatic carbocycles. The van der Waals surface area contributed by atoms with E-state index >= 15 is 0 Å². The van der Waals surface area contributed by atoms with Gasteiger partial charge in [0.05, 0.1) is 28.6 Å². The number of nitriles is 1. The first-order chi connectivity index (χ1) is 12.3. The number of fused-ring (bicyclic) bond motifs is 1. The molecule has 1 aliphatic heterocycles. The van der Waals surface area contributed by atoms with Crippen molar-refractivity contribution in [3.8, 4) is 6.07 Å². The molecule has 0 bridgehead atoms. The fraction of sp³-hybridized carbons (Fsp3) is 0.429. The third-order valence-electron chi connectivity index (χ3n) is 6.07. The number of pyridine rings is 1. The van der Waals surface area contributed by atoms with Gasteiger partial charge in [-0.25, -0.2) is 0 Å². The van der Waals surface area contributed by atoms with Gasteiger partial charge in [-0.1, -0.05) is 30.3 Å². The van der Waals surface area contributed by atoms with Gasteiger partial charge in [-0.2, -0.15) is 5.26 Å². The topological polar surface area (TPSA) is 55.1 Å². The van der Waals surface area contributed by atoms with Crippen molar-refractivity contribution in [3.05, 3.63) is 59.3 Å². The highest BCUT2D eigenvalue weighted by Gasteiger charge is 2.52. The first-order valence-corrected chi connectivity index (χ1v) is 9.07. The highest BCUT2D eigenvalue weighted by molar-refractivity contribution is 6.61. The lowest BCUT2D eigenvalue weighted by atomic mass is 9.79. The minimum Gasteiger partial charge on any atom is -0.398 e. The van der Waals surface area contributed by atoms with Crippen LogP contribution in [-0.2, 0) is 27.6 Å². The molecule has 5 heteroatoms. The van der Waals surface area contributed by atoms with Crippen molar-refractivity contribution in [3.63, 3.8) is 0 Å². The lowest BCUT2D eigenvalue weighted by molar-refractivity contribution is 0.00578. The molecule has 0 spiro atoms. The fourth-order valence-corrected chi connectivity index (χ4v) is 3.75. The van der Waals surface area contributed by atoms with E-state index in [-0.39, 0.29) is 0 Å². The van der Waals surface area contributed by atoms with E-state index in [1.165, 1.54) is 11.1 Å². The first-order valence-electron chi connectivity index (χ1n) is 9.07. The predicted molar refractivity (Wildman–Crippen MR) is 101 cm³/mol. The number of aromatic nitrogens is 1. The fourth-order valence-electron chi connectivity index (χ4n) is 3.75. The largest absolute Gasteiger partial charge is 0.514 e. The molecule has 0 radical (unpaired) electrons. The van der Waals surface area contributed by atoms with Gasteiger partial charge in [0.25, 0.3) is 0 Å². The second kappa shape index (κ2) is 5.67. The standard InChI is InChI=1S/C21H23BN2O2/c1-19(2)20(3,4)26-22(25-19)18-11-7-10-17(24-18)21(14-23)12-15-8-5-6-9-16(15)13-21/h5-11H,12-13H2,1-4H3. The van der Waals surface area contributed by atoms with Crippen LogP contribution in [-0.4, -0.2) is 23.3 Å². The van der Waals surface area contributed by atoms with E-state index < -0.39 is 23.7 Å². The Balaban J connectivity index is 1.68. The zero-order chi connectivity index (χ0) is 18.6. The Kier molecular flexibility index (Phi) is 3.77. The van der Waals surface area contributed by atoms with E-state index in [9.17, 15) is 5.26 Å². The van der Waals surface area contributed by atoms with Gasteiger partial charge in [0, 0.05) is 0 Å². The van der Waals surface area contributed by atoms with Crippen LogP contribution in [0.1, 0.15) is 44.5 Å². The Bertz CT molecular complexity index is 860. The third kappa shape index (κ3) is 2.56. The minimum atomic E-state index is -0.622. The summed E-state index contributed by atoms with van der Waals surface area (Å²) in [7, 11) is -0.514. The summed E-state index contributed by atoms with van der Waals surface area (Å²) in [5, 5.41) is 10.0. The van der Waals surface area contributed by atoms with Gasteiger partial charge in [-0.05, 0) is 63.8 Å². The number of nitrogens with zero attached hydrogens (tertiary/aromatic N) is 2. The summed E-state index contributed by atoms with van der Waals surface area (Å²) in [5.41, 5.74) is 2.55. The maximum absolute atomic E-state index is 10.0. The molecule has 0 amide bonds. The molecule has 4 rings (SSSR count). The Morgan fingerprint density at radius 3 is 2.04 bits per heavy atom. The molecule has 0 unspecified atom stereocenters. The van der Waals surface area contributed by atoms with Gasteiger partial charge in [-0.3, -0.25) is 4.98 Å². The summed E-state index contributed by atoms with van der Waals surface area (Å²) in [4.78, 5) is 4.82. The summed E-state index contributed by atoms with van der Waals surface area (Å²) in [6.07, 6.45) is 1.39. The van der Waals surface area contributed by atoms with Crippen LogP contribution in [0.15, 0.2) is 42.5 Å². The highest BCUT2D eigenvalue weighted by Crippen LogP contribution is 2.39. The molecule has 1 fully saturated rings. The van der Waals surface area contributed by atoms with Gasteiger partial charge < -0.3 is 9.31 Å². The average Bonchev–Trinajstić information content (AvgIpc) is 3.10. The maximum Gasteiger partial charge on any atom is 0.514 e. The summed E-state index contributed by atoms with van der Waals surface area (Å²) in [5.74, 6) is 0. The summed E-state index contributed by atoms with van der Waals surface area (Å²) < 4.78 is 12.3. The average molecular weight is 346 g/mol. The highest BCUT2D eigenvalue weighted by atomic mass is 16.7. The molecule has 2 heterocycles. The van der Waals surface area contributed by atoms with E-state index in [2.05, 4.69) is 18.2 Å². The second-order valence-electron chi connectivity index (χ2n) is 8.35. The molecule has 4 nitrogen and oxygen atoms in total. The molecule has 1 saturated heterocycles.